The first-order valence-electron chi connectivity index (χ1n) is 9.61. The summed E-state index contributed by atoms with van der Waals surface area (Å²) in [5.41, 5.74) is 1.86. The van der Waals surface area contributed by atoms with Crippen LogP contribution in [0.25, 0.3) is 0 Å². The molecule has 154 valence electrons. The molecule has 0 spiro atoms. The summed E-state index contributed by atoms with van der Waals surface area (Å²) in [6.07, 6.45) is 1.56. The predicted octanol–water partition coefficient (Wildman–Crippen LogP) is 1.97. The van der Waals surface area contributed by atoms with Gasteiger partial charge in [-0.2, -0.15) is 0 Å². The van der Waals surface area contributed by atoms with Crippen molar-refractivity contribution < 1.29 is 9.59 Å². The van der Waals surface area contributed by atoms with Crippen LogP contribution in [0.2, 0.25) is 0 Å². The number of H-pyrrole nitrogens is 1. The maximum Gasteiger partial charge on any atom is 0.258 e. The average Bonchev–Trinajstić information content (AvgIpc) is 3.21. The molecule has 2 aromatic heterocycles. The Balaban J connectivity index is 1.29. The van der Waals surface area contributed by atoms with Gasteiger partial charge >= 0.3 is 0 Å². The van der Waals surface area contributed by atoms with E-state index in [0.29, 0.717) is 29.5 Å². The second-order valence-electron chi connectivity index (χ2n) is 6.92. The number of hydrogen-bond acceptors (Lipinski definition) is 6. The second kappa shape index (κ2) is 8.91. The van der Waals surface area contributed by atoms with E-state index in [-0.39, 0.29) is 23.8 Å². The highest BCUT2D eigenvalue weighted by Crippen LogP contribution is 2.19. The lowest BCUT2D eigenvalue weighted by Crippen LogP contribution is -2.49. The van der Waals surface area contributed by atoms with Crippen molar-refractivity contribution in [2.24, 2.45) is 0 Å². The fraction of sp³-hybridized carbons (Fsp3) is 0.238. The summed E-state index contributed by atoms with van der Waals surface area (Å²) in [6.45, 7) is 2.95. The van der Waals surface area contributed by atoms with E-state index in [2.05, 4.69) is 32.3 Å². The summed E-state index contributed by atoms with van der Waals surface area (Å²) in [6, 6.07) is 12.9. The summed E-state index contributed by atoms with van der Waals surface area (Å²) in [5.74, 6) is -0.331. The molecule has 4 rings (SSSR count). The number of carbonyl (C=O) groups is 2. The Bertz CT molecular complexity index is 1070. The van der Waals surface area contributed by atoms with Gasteiger partial charge < -0.3 is 14.8 Å². The molecule has 2 amide bonds. The predicted molar refractivity (Wildman–Crippen MR) is 116 cm³/mol. The largest absolute Gasteiger partial charge is 0.368 e. The van der Waals surface area contributed by atoms with Crippen molar-refractivity contribution in [1.29, 1.82) is 0 Å². The standard InChI is InChI=1S/C21H21N5O3S/c27-18-7-6-15(13-22-18)20(29)24-21-23-16(14-30-21)12-19(28)26-10-8-25(9-11-26)17-4-2-1-3-5-17/h1-7,13-14H,8-12H2,(H,22,27)(H,23,24,29). The zero-order valence-electron chi connectivity index (χ0n) is 16.2. The first kappa shape index (κ1) is 19.8. The van der Waals surface area contributed by atoms with E-state index < -0.39 is 0 Å². The van der Waals surface area contributed by atoms with Gasteiger partial charge in [0.25, 0.3) is 5.91 Å². The Labute approximate surface area is 177 Å². The Morgan fingerprint density at radius 3 is 2.53 bits per heavy atom. The molecule has 0 atom stereocenters. The summed E-state index contributed by atoms with van der Waals surface area (Å²) in [7, 11) is 0. The van der Waals surface area contributed by atoms with Crippen molar-refractivity contribution in [3.63, 3.8) is 0 Å². The summed E-state index contributed by atoms with van der Waals surface area (Å²) in [4.78, 5) is 46.9. The maximum atomic E-state index is 12.6. The van der Waals surface area contributed by atoms with Crippen LogP contribution in [0.15, 0.2) is 58.8 Å². The normalized spacial score (nSPS) is 13.9. The summed E-state index contributed by atoms with van der Waals surface area (Å²) < 4.78 is 0. The molecule has 8 nitrogen and oxygen atoms in total. The van der Waals surface area contributed by atoms with Crippen molar-refractivity contribution in [1.82, 2.24) is 14.9 Å². The molecule has 0 unspecified atom stereocenters. The van der Waals surface area contributed by atoms with Crippen LogP contribution < -0.4 is 15.8 Å². The molecule has 0 saturated carbocycles. The number of aromatic nitrogens is 2. The van der Waals surface area contributed by atoms with E-state index in [1.807, 2.05) is 23.1 Å². The Morgan fingerprint density at radius 1 is 1.07 bits per heavy atom. The zero-order chi connectivity index (χ0) is 20.9. The number of thiazole rings is 1. The second-order valence-corrected chi connectivity index (χ2v) is 7.78. The molecule has 0 aliphatic carbocycles. The van der Waals surface area contributed by atoms with Crippen LogP contribution >= 0.6 is 11.3 Å². The van der Waals surface area contributed by atoms with Crippen molar-refractivity contribution in [3.8, 4) is 0 Å². The number of rotatable bonds is 5. The molecule has 1 fully saturated rings. The molecular formula is C21H21N5O3S. The van der Waals surface area contributed by atoms with Gasteiger partial charge in [0.2, 0.25) is 11.5 Å². The number of nitrogens with zero attached hydrogens (tertiary/aromatic N) is 3. The fourth-order valence-corrected chi connectivity index (χ4v) is 3.99. The number of aromatic amines is 1. The number of pyridine rings is 1. The zero-order valence-corrected chi connectivity index (χ0v) is 17.0. The molecule has 2 N–H and O–H groups in total. The summed E-state index contributed by atoms with van der Waals surface area (Å²) >= 11 is 1.27. The molecule has 3 heterocycles. The van der Waals surface area contributed by atoms with E-state index in [1.165, 1.54) is 35.4 Å². The molecule has 3 aromatic rings. The van der Waals surface area contributed by atoms with Crippen molar-refractivity contribution >= 4 is 34.0 Å². The minimum Gasteiger partial charge on any atom is -0.368 e. The van der Waals surface area contributed by atoms with Gasteiger partial charge in [0.15, 0.2) is 5.13 Å². The van der Waals surface area contributed by atoms with Crippen LogP contribution in [-0.4, -0.2) is 52.9 Å². The van der Waals surface area contributed by atoms with Gasteiger partial charge in [-0.05, 0) is 18.2 Å². The quantitative estimate of drug-likeness (QED) is 0.654. The molecule has 1 aliphatic rings. The minimum absolute atomic E-state index is 0.0338. The lowest BCUT2D eigenvalue weighted by atomic mass is 10.2. The van der Waals surface area contributed by atoms with Crippen LogP contribution in [0.5, 0.6) is 0 Å². The molecule has 30 heavy (non-hydrogen) atoms. The average molecular weight is 423 g/mol. The van der Waals surface area contributed by atoms with E-state index >= 15 is 0 Å². The molecule has 1 aromatic carbocycles. The number of benzene rings is 1. The number of para-hydroxylation sites is 1. The highest BCUT2D eigenvalue weighted by atomic mass is 32.1. The first-order valence-corrected chi connectivity index (χ1v) is 10.5. The number of nitrogens with one attached hydrogen (secondary N) is 2. The van der Waals surface area contributed by atoms with Crippen LogP contribution in [0.3, 0.4) is 0 Å². The van der Waals surface area contributed by atoms with Gasteiger partial charge in [0.05, 0.1) is 17.7 Å². The van der Waals surface area contributed by atoms with Gasteiger partial charge in [0.1, 0.15) is 0 Å². The number of carbonyl (C=O) groups excluding carboxylic acids is 2. The Hall–Kier alpha value is -3.46. The molecular weight excluding hydrogens is 402 g/mol. The minimum atomic E-state index is -0.365. The van der Waals surface area contributed by atoms with E-state index in [0.717, 1.165) is 13.1 Å². The lowest BCUT2D eigenvalue weighted by Gasteiger charge is -2.36. The molecule has 9 heteroatoms. The number of hydrogen-bond donors (Lipinski definition) is 2. The van der Waals surface area contributed by atoms with Crippen molar-refractivity contribution in [2.45, 2.75) is 6.42 Å². The van der Waals surface area contributed by atoms with Crippen LogP contribution in [0.1, 0.15) is 16.1 Å². The molecule has 1 aliphatic heterocycles. The Morgan fingerprint density at radius 2 is 1.83 bits per heavy atom. The smallest absolute Gasteiger partial charge is 0.258 e. The van der Waals surface area contributed by atoms with E-state index in [9.17, 15) is 14.4 Å². The highest BCUT2D eigenvalue weighted by molar-refractivity contribution is 7.14. The van der Waals surface area contributed by atoms with Gasteiger partial charge in [0, 0.05) is 49.5 Å². The first-order chi connectivity index (χ1) is 14.6. The maximum absolute atomic E-state index is 12.6. The van der Waals surface area contributed by atoms with Gasteiger partial charge in [-0.3, -0.25) is 19.7 Å². The number of piperazine rings is 1. The summed E-state index contributed by atoms with van der Waals surface area (Å²) in [5, 5.41) is 4.89. The third kappa shape index (κ3) is 4.74. The van der Waals surface area contributed by atoms with Gasteiger partial charge in [-0.1, -0.05) is 18.2 Å². The van der Waals surface area contributed by atoms with E-state index in [1.54, 1.807) is 5.38 Å². The van der Waals surface area contributed by atoms with Gasteiger partial charge in [-0.25, -0.2) is 4.98 Å². The highest BCUT2D eigenvalue weighted by Gasteiger charge is 2.22. The number of anilines is 2. The van der Waals surface area contributed by atoms with Crippen LogP contribution in [0.4, 0.5) is 10.8 Å². The Kier molecular flexibility index (Phi) is 5.89. The monoisotopic (exact) mass is 423 g/mol. The lowest BCUT2D eigenvalue weighted by molar-refractivity contribution is -0.130. The molecule has 0 radical (unpaired) electrons. The molecule has 1 saturated heterocycles. The van der Waals surface area contributed by atoms with Gasteiger partial charge in [-0.15, -0.1) is 11.3 Å². The van der Waals surface area contributed by atoms with Crippen molar-refractivity contribution in [2.75, 3.05) is 36.4 Å². The van der Waals surface area contributed by atoms with Crippen LogP contribution in [-0.2, 0) is 11.2 Å². The topological polar surface area (TPSA) is 98.4 Å². The van der Waals surface area contributed by atoms with E-state index in [4.69, 9.17) is 0 Å². The third-order valence-electron chi connectivity index (χ3n) is 4.90. The van der Waals surface area contributed by atoms with Crippen LogP contribution in [0, 0.1) is 0 Å². The number of amides is 2. The third-order valence-corrected chi connectivity index (χ3v) is 5.71. The molecule has 0 bridgehead atoms. The fourth-order valence-electron chi connectivity index (χ4n) is 3.29. The van der Waals surface area contributed by atoms with Crippen molar-refractivity contribution in [3.05, 3.63) is 75.7 Å². The SMILES string of the molecule is O=C(Nc1nc(CC(=O)N2CCN(c3ccccc3)CC2)cs1)c1ccc(=O)[nH]c1.